The van der Waals surface area contributed by atoms with Gasteiger partial charge in [0.25, 0.3) is 0 Å². The summed E-state index contributed by atoms with van der Waals surface area (Å²) < 4.78 is 49.1. The average molecular weight is 355 g/mol. The first-order valence-electron chi connectivity index (χ1n) is 6.63. The maximum absolute atomic E-state index is 12.2. The molecule has 0 saturated carbocycles. The summed E-state index contributed by atoms with van der Waals surface area (Å²) in [4.78, 5) is 0.109. The molecule has 2 rings (SSSR count). The third kappa shape index (κ3) is 4.60. The Morgan fingerprint density at radius 1 is 0.783 bits per heavy atom. The Hall–Kier alpha value is -1.78. The molecule has 0 atom stereocenters. The van der Waals surface area contributed by atoms with Gasteiger partial charge in [0.15, 0.2) is 0 Å². The molecule has 0 fully saturated rings. The van der Waals surface area contributed by atoms with Crippen molar-refractivity contribution in [1.82, 2.24) is 4.72 Å². The molecule has 2 aromatic carbocycles. The van der Waals surface area contributed by atoms with Crippen molar-refractivity contribution >= 4 is 20.0 Å². The lowest BCUT2D eigenvalue weighted by atomic mass is 10.2. The standard InChI is InChI=1S/C14H17N3O4S2/c15-9-11-1-7-14(8-2-11)23(20,21)17-10-12-3-5-13(6-4-12)22(16,18)19/h1-8,17H,9-10,15H2,(H2,16,18,19). The Bertz CT molecular complexity index is 875. The summed E-state index contributed by atoms with van der Waals surface area (Å²) in [6.07, 6.45) is 0. The van der Waals surface area contributed by atoms with Crippen LogP contribution in [-0.2, 0) is 33.1 Å². The molecule has 0 aliphatic carbocycles. The van der Waals surface area contributed by atoms with E-state index in [9.17, 15) is 16.8 Å². The van der Waals surface area contributed by atoms with Crippen LogP contribution in [0.2, 0.25) is 0 Å². The van der Waals surface area contributed by atoms with E-state index in [0.717, 1.165) is 5.56 Å². The molecule has 0 spiro atoms. The van der Waals surface area contributed by atoms with Crippen LogP contribution >= 0.6 is 0 Å². The van der Waals surface area contributed by atoms with E-state index in [4.69, 9.17) is 10.9 Å². The highest BCUT2D eigenvalue weighted by Gasteiger charge is 2.14. The minimum Gasteiger partial charge on any atom is -0.326 e. The quantitative estimate of drug-likeness (QED) is 0.684. The fourth-order valence-corrected chi connectivity index (χ4v) is 3.40. The molecule has 23 heavy (non-hydrogen) atoms. The van der Waals surface area contributed by atoms with Crippen molar-refractivity contribution in [3.05, 3.63) is 59.7 Å². The number of benzene rings is 2. The van der Waals surface area contributed by atoms with Gasteiger partial charge in [-0.25, -0.2) is 26.7 Å². The third-order valence-corrected chi connectivity index (χ3v) is 5.53. The zero-order valence-electron chi connectivity index (χ0n) is 12.1. The van der Waals surface area contributed by atoms with Gasteiger partial charge in [0.1, 0.15) is 0 Å². The first-order valence-corrected chi connectivity index (χ1v) is 9.66. The first-order chi connectivity index (χ1) is 10.7. The molecule has 7 nitrogen and oxygen atoms in total. The lowest BCUT2D eigenvalue weighted by molar-refractivity contribution is 0.581. The first kappa shape index (κ1) is 17.6. The van der Waals surface area contributed by atoms with Crippen LogP contribution in [0.3, 0.4) is 0 Å². The molecular formula is C14H17N3O4S2. The van der Waals surface area contributed by atoms with Gasteiger partial charge in [-0.05, 0) is 35.4 Å². The molecule has 2 aromatic rings. The van der Waals surface area contributed by atoms with Crippen LogP contribution in [-0.4, -0.2) is 16.8 Å². The molecule has 0 bridgehead atoms. The van der Waals surface area contributed by atoms with Gasteiger partial charge in [-0.2, -0.15) is 0 Å². The van der Waals surface area contributed by atoms with Crippen LogP contribution in [0.1, 0.15) is 11.1 Å². The highest BCUT2D eigenvalue weighted by molar-refractivity contribution is 7.89. The summed E-state index contributed by atoms with van der Waals surface area (Å²) in [5.74, 6) is 0. The molecule has 124 valence electrons. The molecule has 0 aliphatic rings. The topological polar surface area (TPSA) is 132 Å². The number of primary sulfonamides is 1. The second kappa shape index (κ2) is 6.77. The number of hydrogen-bond donors (Lipinski definition) is 3. The summed E-state index contributed by atoms with van der Waals surface area (Å²) in [6.45, 7) is 0.371. The maximum atomic E-state index is 12.2. The molecule has 0 aliphatic heterocycles. The van der Waals surface area contributed by atoms with Gasteiger partial charge in [0, 0.05) is 13.1 Å². The highest BCUT2D eigenvalue weighted by atomic mass is 32.2. The van der Waals surface area contributed by atoms with E-state index >= 15 is 0 Å². The van der Waals surface area contributed by atoms with Crippen LogP contribution in [0.25, 0.3) is 0 Å². The second-order valence-electron chi connectivity index (χ2n) is 4.86. The molecular weight excluding hydrogens is 338 g/mol. The summed E-state index contributed by atoms with van der Waals surface area (Å²) >= 11 is 0. The SMILES string of the molecule is NCc1ccc(S(=O)(=O)NCc2ccc(S(N)(=O)=O)cc2)cc1. The van der Waals surface area contributed by atoms with Crippen LogP contribution in [0.5, 0.6) is 0 Å². The van der Waals surface area contributed by atoms with Gasteiger partial charge in [0.05, 0.1) is 9.79 Å². The van der Waals surface area contributed by atoms with Gasteiger partial charge in [-0.1, -0.05) is 24.3 Å². The summed E-state index contributed by atoms with van der Waals surface area (Å²) in [7, 11) is -7.42. The van der Waals surface area contributed by atoms with E-state index in [2.05, 4.69) is 4.72 Å². The Labute approximate surface area is 135 Å². The number of nitrogens with one attached hydrogen (secondary N) is 1. The van der Waals surface area contributed by atoms with Crippen molar-refractivity contribution in [2.24, 2.45) is 10.9 Å². The Morgan fingerprint density at radius 3 is 1.74 bits per heavy atom. The average Bonchev–Trinajstić information content (AvgIpc) is 2.53. The van der Waals surface area contributed by atoms with E-state index in [1.807, 2.05) is 0 Å². The van der Waals surface area contributed by atoms with Crippen LogP contribution < -0.4 is 15.6 Å². The fraction of sp³-hybridized carbons (Fsp3) is 0.143. The molecule has 0 radical (unpaired) electrons. The van der Waals surface area contributed by atoms with Gasteiger partial charge in [-0.15, -0.1) is 0 Å². The predicted molar refractivity (Wildman–Crippen MR) is 86.2 cm³/mol. The molecule has 5 N–H and O–H groups in total. The minimum absolute atomic E-state index is 0.0264. The lowest BCUT2D eigenvalue weighted by Gasteiger charge is -2.08. The second-order valence-corrected chi connectivity index (χ2v) is 8.19. The largest absolute Gasteiger partial charge is 0.326 e. The summed E-state index contributed by atoms with van der Waals surface area (Å²) in [5.41, 5.74) is 6.92. The zero-order valence-corrected chi connectivity index (χ0v) is 13.8. The molecule has 0 heterocycles. The van der Waals surface area contributed by atoms with E-state index in [0.29, 0.717) is 12.1 Å². The lowest BCUT2D eigenvalue weighted by Crippen LogP contribution is -2.23. The van der Waals surface area contributed by atoms with Crippen molar-refractivity contribution in [3.8, 4) is 0 Å². The normalized spacial score (nSPS) is 12.3. The molecule has 0 saturated heterocycles. The zero-order chi connectivity index (χ0) is 17.1. The van der Waals surface area contributed by atoms with E-state index < -0.39 is 20.0 Å². The monoisotopic (exact) mass is 355 g/mol. The van der Waals surface area contributed by atoms with Crippen molar-refractivity contribution < 1.29 is 16.8 Å². The number of rotatable bonds is 6. The molecule has 0 aromatic heterocycles. The molecule has 9 heteroatoms. The van der Waals surface area contributed by atoms with Crippen LogP contribution in [0.15, 0.2) is 58.3 Å². The Balaban J connectivity index is 2.09. The number of nitrogens with two attached hydrogens (primary N) is 2. The minimum atomic E-state index is -3.76. The predicted octanol–water partition coefficient (Wildman–Crippen LogP) is 0.271. The van der Waals surface area contributed by atoms with E-state index in [1.165, 1.54) is 36.4 Å². The van der Waals surface area contributed by atoms with Gasteiger partial charge >= 0.3 is 0 Å². The maximum Gasteiger partial charge on any atom is 0.240 e. The Kier molecular flexibility index (Phi) is 5.17. The third-order valence-electron chi connectivity index (χ3n) is 3.19. The van der Waals surface area contributed by atoms with Crippen LogP contribution in [0.4, 0.5) is 0 Å². The Morgan fingerprint density at radius 2 is 1.26 bits per heavy atom. The van der Waals surface area contributed by atoms with Crippen molar-refractivity contribution in [2.45, 2.75) is 22.9 Å². The molecule has 0 amide bonds. The van der Waals surface area contributed by atoms with Crippen molar-refractivity contribution in [1.29, 1.82) is 0 Å². The van der Waals surface area contributed by atoms with Crippen molar-refractivity contribution in [3.63, 3.8) is 0 Å². The van der Waals surface area contributed by atoms with Gasteiger partial charge in [0.2, 0.25) is 20.0 Å². The number of sulfonamides is 2. The van der Waals surface area contributed by atoms with E-state index in [-0.39, 0.29) is 16.3 Å². The summed E-state index contributed by atoms with van der Waals surface area (Å²) in [5, 5.41) is 5.00. The van der Waals surface area contributed by atoms with Crippen LogP contribution in [0, 0.1) is 0 Å². The smallest absolute Gasteiger partial charge is 0.240 e. The van der Waals surface area contributed by atoms with Gasteiger partial charge in [-0.3, -0.25) is 0 Å². The highest BCUT2D eigenvalue weighted by Crippen LogP contribution is 2.12. The summed E-state index contributed by atoms with van der Waals surface area (Å²) in [6, 6.07) is 11.9. The fourth-order valence-electron chi connectivity index (χ4n) is 1.86. The van der Waals surface area contributed by atoms with Crippen molar-refractivity contribution in [2.75, 3.05) is 0 Å². The van der Waals surface area contributed by atoms with Gasteiger partial charge < -0.3 is 5.73 Å². The van der Waals surface area contributed by atoms with E-state index in [1.54, 1.807) is 12.1 Å². The molecule has 0 unspecified atom stereocenters. The number of hydrogen-bond acceptors (Lipinski definition) is 5.